The van der Waals surface area contributed by atoms with E-state index in [-0.39, 0.29) is 0 Å². The van der Waals surface area contributed by atoms with Crippen LogP contribution >= 0.6 is 0 Å². The van der Waals surface area contributed by atoms with E-state index in [9.17, 15) is 0 Å². The second-order valence-corrected chi connectivity index (χ2v) is 5.42. The van der Waals surface area contributed by atoms with E-state index in [0.29, 0.717) is 6.04 Å². The number of aryl methyl sites for hydroxylation is 2. The summed E-state index contributed by atoms with van der Waals surface area (Å²) in [4.78, 5) is 4.98. The number of rotatable bonds is 5. The van der Waals surface area contributed by atoms with Gasteiger partial charge in [-0.3, -0.25) is 9.80 Å². The quantitative estimate of drug-likeness (QED) is 0.807. The highest BCUT2D eigenvalue weighted by molar-refractivity contribution is 5.20. The lowest BCUT2D eigenvalue weighted by Crippen LogP contribution is -2.52. The smallest absolute Gasteiger partial charge is 0.138 e. The van der Waals surface area contributed by atoms with Gasteiger partial charge in [0.2, 0.25) is 0 Å². The lowest BCUT2D eigenvalue weighted by molar-refractivity contribution is 0.0555. The Morgan fingerprint density at radius 2 is 2.16 bits per heavy atom. The van der Waals surface area contributed by atoms with Crippen molar-refractivity contribution in [1.82, 2.24) is 15.0 Å². The summed E-state index contributed by atoms with van der Waals surface area (Å²) in [5.74, 6) is 0.951. The fourth-order valence-corrected chi connectivity index (χ4v) is 2.71. The van der Waals surface area contributed by atoms with E-state index in [4.69, 9.17) is 9.26 Å². The average Bonchev–Trinajstić information content (AvgIpc) is 2.70. The van der Waals surface area contributed by atoms with Crippen molar-refractivity contribution in [3.63, 3.8) is 0 Å². The van der Waals surface area contributed by atoms with E-state index in [1.807, 2.05) is 13.8 Å². The summed E-state index contributed by atoms with van der Waals surface area (Å²) in [7, 11) is 1.76. The van der Waals surface area contributed by atoms with Crippen LogP contribution in [0.2, 0.25) is 0 Å². The van der Waals surface area contributed by atoms with Crippen LogP contribution in [0, 0.1) is 13.8 Å². The van der Waals surface area contributed by atoms with Crippen molar-refractivity contribution in [2.24, 2.45) is 0 Å². The Balaban J connectivity index is 1.88. The Hall–Kier alpha value is -0.910. The molecule has 1 aliphatic rings. The molecule has 0 amide bonds. The molecule has 1 saturated heterocycles. The average molecular weight is 267 g/mol. The number of nitrogens with zero attached hydrogens (tertiary/aromatic N) is 3. The molecule has 0 spiro atoms. The summed E-state index contributed by atoms with van der Waals surface area (Å²) in [6.45, 7) is 12.4. The van der Waals surface area contributed by atoms with Crippen molar-refractivity contribution < 1.29 is 9.26 Å². The first-order valence-corrected chi connectivity index (χ1v) is 6.99. The van der Waals surface area contributed by atoms with Gasteiger partial charge < -0.3 is 9.26 Å². The maximum Gasteiger partial charge on any atom is 0.138 e. The second-order valence-electron chi connectivity index (χ2n) is 5.42. The van der Waals surface area contributed by atoms with E-state index in [1.54, 1.807) is 7.11 Å². The largest absolute Gasteiger partial charge is 0.383 e. The highest BCUT2D eigenvalue weighted by atomic mass is 16.5. The summed E-state index contributed by atoms with van der Waals surface area (Å²) in [6, 6.07) is 0.573. The highest BCUT2D eigenvalue weighted by Gasteiger charge is 2.24. The molecule has 108 valence electrons. The molecule has 0 N–H and O–H groups in total. The summed E-state index contributed by atoms with van der Waals surface area (Å²) >= 11 is 0. The molecule has 0 aromatic carbocycles. The topological polar surface area (TPSA) is 41.7 Å². The van der Waals surface area contributed by atoms with Crippen LogP contribution in [0.1, 0.15) is 23.9 Å². The van der Waals surface area contributed by atoms with Gasteiger partial charge in [0.15, 0.2) is 0 Å². The molecule has 1 aliphatic heterocycles. The predicted molar refractivity (Wildman–Crippen MR) is 74.2 cm³/mol. The molecule has 1 fully saturated rings. The lowest BCUT2D eigenvalue weighted by Gasteiger charge is -2.39. The van der Waals surface area contributed by atoms with Crippen LogP contribution in [0.5, 0.6) is 0 Å². The molecule has 0 aliphatic carbocycles. The number of hydrogen-bond acceptors (Lipinski definition) is 5. The summed E-state index contributed by atoms with van der Waals surface area (Å²) in [5.41, 5.74) is 2.27. The monoisotopic (exact) mass is 267 g/mol. The number of hydrogen-bond donors (Lipinski definition) is 0. The predicted octanol–water partition coefficient (Wildman–Crippen LogP) is 1.44. The summed E-state index contributed by atoms with van der Waals surface area (Å²) in [6.07, 6.45) is 0. The van der Waals surface area contributed by atoms with Gasteiger partial charge in [0, 0.05) is 51.4 Å². The molecule has 5 nitrogen and oxygen atoms in total. The molecular weight excluding hydrogens is 242 g/mol. The van der Waals surface area contributed by atoms with Gasteiger partial charge >= 0.3 is 0 Å². The van der Waals surface area contributed by atoms with Crippen LogP contribution in [0.3, 0.4) is 0 Å². The summed E-state index contributed by atoms with van der Waals surface area (Å²) in [5, 5.41) is 4.03. The van der Waals surface area contributed by atoms with Crippen LogP contribution in [0.25, 0.3) is 0 Å². The van der Waals surface area contributed by atoms with Gasteiger partial charge in [-0.2, -0.15) is 0 Å². The fourth-order valence-electron chi connectivity index (χ4n) is 2.71. The zero-order valence-electron chi connectivity index (χ0n) is 12.5. The van der Waals surface area contributed by atoms with Crippen LogP contribution in [0.4, 0.5) is 0 Å². The molecular formula is C14H25N3O2. The molecule has 1 aromatic heterocycles. The Bertz CT molecular complexity index is 386. The molecule has 2 heterocycles. The first-order valence-electron chi connectivity index (χ1n) is 6.99. The van der Waals surface area contributed by atoms with Crippen LogP contribution < -0.4 is 0 Å². The molecule has 2 rings (SSSR count). The summed E-state index contributed by atoms with van der Waals surface area (Å²) < 4.78 is 10.4. The van der Waals surface area contributed by atoms with Gasteiger partial charge in [-0.1, -0.05) is 5.16 Å². The normalized spacial score (nSPS) is 22.0. The molecule has 0 saturated carbocycles. The van der Waals surface area contributed by atoms with Gasteiger partial charge in [-0.05, 0) is 20.8 Å². The van der Waals surface area contributed by atoms with Gasteiger partial charge in [-0.15, -0.1) is 0 Å². The third-order valence-corrected chi connectivity index (χ3v) is 3.99. The third kappa shape index (κ3) is 3.55. The van der Waals surface area contributed by atoms with Gasteiger partial charge in [-0.25, -0.2) is 0 Å². The molecule has 5 heteroatoms. The Morgan fingerprint density at radius 1 is 1.37 bits per heavy atom. The van der Waals surface area contributed by atoms with Crippen molar-refractivity contribution in [3.05, 3.63) is 17.0 Å². The first kappa shape index (κ1) is 14.5. The van der Waals surface area contributed by atoms with E-state index < -0.39 is 0 Å². The number of methoxy groups -OCH3 is 1. The molecule has 1 atom stereocenters. The van der Waals surface area contributed by atoms with Gasteiger partial charge in [0.05, 0.1) is 12.3 Å². The first-order chi connectivity index (χ1) is 9.11. The van der Waals surface area contributed by atoms with Crippen molar-refractivity contribution in [2.75, 3.05) is 39.9 Å². The minimum atomic E-state index is 0.573. The Labute approximate surface area is 115 Å². The van der Waals surface area contributed by atoms with Crippen LogP contribution in [-0.4, -0.2) is 60.9 Å². The maximum atomic E-state index is 5.23. The molecule has 0 unspecified atom stereocenters. The standard InChI is InChI=1S/C14H25N3O2/c1-11-9-16(5-6-17(11)7-8-18-4)10-14-12(2)15-19-13(14)3/h11H,5-10H2,1-4H3/t11-/m1/s1. The van der Waals surface area contributed by atoms with Gasteiger partial charge in [0.25, 0.3) is 0 Å². The molecule has 0 bridgehead atoms. The van der Waals surface area contributed by atoms with Crippen molar-refractivity contribution in [1.29, 1.82) is 0 Å². The number of ether oxygens (including phenoxy) is 1. The number of aromatic nitrogens is 1. The second kappa shape index (κ2) is 6.50. The fraction of sp³-hybridized carbons (Fsp3) is 0.786. The Kier molecular flexibility index (Phi) is 4.96. The zero-order chi connectivity index (χ0) is 13.8. The van der Waals surface area contributed by atoms with Crippen molar-refractivity contribution in [3.8, 4) is 0 Å². The zero-order valence-corrected chi connectivity index (χ0v) is 12.5. The molecule has 19 heavy (non-hydrogen) atoms. The van der Waals surface area contributed by atoms with E-state index in [2.05, 4.69) is 21.9 Å². The maximum absolute atomic E-state index is 5.23. The number of piperazine rings is 1. The minimum absolute atomic E-state index is 0.573. The Morgan fingerprint density at radius 3 is 2.74 bits per heavy atom. The van der Waals surface area contributed by atoms with E-state index >= 15 is 0 Å². The van der Waals surface area contributed by atoms with E-state index in [1.165, 1.54) is 5.56 Å². The van der Waals surface area contributed by atoms with Gasteiger partial charge in [0.1, 0.15) is 5.76 Å². The third-order valence-electron chi connectivity index (χ3n) is 3.99. The molecule has 0 radical (unpaired) electrons. The highest BCUT2D eigenvalue weighted by Crippen LogP contribution is 2.17. The minimum Gasteiger partial charge on any atom is -0.383 e. The molecule has 1 aromatic rings. The van der Waals surface area contributed by atoms with Crippen molar-refractivity contribution in [2.45, 2.75) is 33.4 Å². The van der Waals surface area contributed by atoms with E-state index in [0.717, 1.165) is 50.8 Å². The van der Waals surface area contributed by atoms with Crippen LogP contribution in [-0.2, 0) is 11.3 Å². The SMILES string of the molecule is COCCN1CCN(Cc2c(C)noc2C)C[C@H]1C. The lowest BCUT2D eigenvalue weighted by atomic mass is 10.1. The van der Waals surface area contributed by atoms with Crippen molar-refractivity contribution >= 4 is 0 Å². The van der Waals surface area contributed by atoms with Crippen LogP contribution in [0.15, 0.2) is 4.52 Å².